The fourth-order valence-electron chi connectivity index (χ4n) is 1.10. The molecule has 2 aromatic heterocycles. The Hall–Kier alpha value is -1.91. The van der Waals surface area contributed by atoms with Crippen LogP contribution >= 0.6 is 0 Å². The van der Waals surface area contributed by atoms with E-state index in [2.05, 4.69) is 15.0 Å². The van der Waals surface area contributed by atoms with E-state index in [9.17, 15) is 0 Å². The Morgan fingerprint density at radius 2 is 2.15 bits per heavy atom. The van der Waals surface area contributed by atoms with Gasteiger partial charge in [-0.1, -0.05) is 0 Å². The summed E-state index contributed by atoms with van der Waals surface area (Å²) in [4.78, 5) is 11.9. The van der Waals surface area contributed by atoms with Gasteiger partial charge in [0.05, 0.1) is 12.5 Å². The molecule has 0 spiro atoms. The number of anilines is 1. The van der Waals surface area contributed by atoms with E-state index in [1.54, 1.807) is 19.2 Å². The number of nitrogens with zero attached hydrogens (tertiary/aromatic N) is 3. The number of pyridine rings is 1. The Morgan fingerprint density at radius 3 is 2.92 bits per heavy atom. The second-order valence-corrected chi connectivity index (χ2v) is 2.49. The standard InChI is InChI=1S/C8H8N4O/c1-13-8-5-2-3-6(9)12-7(5)10-4-11-8/h2-4H,1H3,(H2,9,10,11,12). The number of aromatic nitrogens is 3. The van der Waals surface area contributed by atoms with Gasteiger partial charge in [0.25, 0.3) is 0 Å². The number of ether oxygens (including phenoxy) is 1. The molecule has 2 N–H and O–H groups in total. The van der Waals surface area contributed by atoms with Crippen molar-refractivity contribution in [3.63, 3.8) is 0 Å². The van der Waals surface area contributed by atoms with Crippen LogP contribution < -0.4 is 10.5 Å². The van der Waals surface area contributed by atoms with E-state index >= 15 is 0 Å². The van der Waals surface area contributed by atoms with Gasteiger partial charge in [-0.2, -0.15) is 0 Å². The molecule has 0 saturated carbocycles. The number of hydrogen-bond acceptors (Lipinski definition) is 5. The van der Waals surface area contributed by atoms with Gasteiger partial charge < -0.3 is 10.5 Å². The van der Waals surface area contributed by atoms with Crippen LogP contribution in [0.1, 0.15) is 0 Å². The summed E-state index contributed by atoms with van der Waals surface area (Å²) in [5.74, 6) is 0.950. The van der Waals surface area contributed by atoms with Crippen molar-refractivity contribution in [3.8, 4) is 5.88 Å². The highest BCUT2D eigenvalue weighted by molar-refractivity contribution is 5.80. The van der Waals surface area contributed by atoms with Crippen LogP contribution in [0, 0.1) is 0 Å². The Balaban J connectivity index is 2.77. The molecule has 13 heavy (non-hydrogen) atoms. The third-order valence-corrected chi connectivity index (χ3v) is 1.68. The monoisotopic (exact) mass is 176 g/mol. The van der Waals surface area contributed by atoms with Gasteiger partial charge in [-0.05, 0) is 12.1 Å². The minimum atomic E-state index is 0.438. The molecule has 66 valence electrons. The first kappa shape index (κ1) is 7.72. The molecular weight excluding hydrogens is 168 g/mol. The van der Waals surface area contributed by atoms with Crippen LogP contribution in [0.2, 0.25) is 0 Å². The molecule has 2 rings (SSSR count). The van der Waals surface area contributed by atoms with Gasteiger partial charge in [-0.25, -0.2) is 15.0 Å². The molecule has 0 aliphatic heterocycles. The predicted octanol–water partition coefficient (Wildman–Crippen LogP) is 0.616. The van der Waals surface area contributed by atoms with Crippen LogP contribution in [0.4, 0.5) is 5.82 Å². The number of rotatable bonds is 1. The predicted molar refractivity (Wildman–Crippen MR) is 48.3 cm³/mol. The van der Waals surface area contributed by atoms with Gasteiger partial charge in [-0.15, -0.1) is 0 Å². The van der Waals surface area contributed by atoms with E-state index in [0.717, 1.165) is 5.39 Å². The van der Waals surface area contributed by atoms with Crippen molar-refractivity contribution < 1.29 is 4.74 Å². The van der Waals surface area contributed by atoms with Gasteiger partial charge in [0.2, 0.25) is 5.88 Å². The Bertz CT molecular complexity index is 443. The summed E-state index contributed by atoms with van der Waals surface area (Å²) in [5, 5.41) is 0.763. The smallest absolute Gasteiger partial charge is 0.225 e. The maximum Gasteiger partial charge on any atom is 0.225 e. The zero-order valence-corrected chi connectivity index (χ0v) is 7.06. The normalized spacial score (nSPS) is 10.2. The van der Waals surface area contributed by atoms with Crippen molar-refractivity contribution in [1.82, 2.24) is 15.0 Å². The molecule has 2 aromatic rings. The Kier molecular flexibility index (Phi) is 1.70. The van der Waals surface area contributed by atoms with Crippen molar-refractivity contribution >= 4 is 16.9 Å². The lowest BCUT2D eigenvalue weighted by Crippen LogP contribution is -1.95. The summed E-state index contributed by atoms with van der Waals surface area (Å²) >= 11 is 0. The SMILES string of the molecule is COc1ncnc2nc(N)ccc12. The third-order valence-electron chi connectivity index (χ3n) is 1.68. The maximum absolute atomic E-state index is 5.50. The molecule has 0 aliphatic carbocycles. The number of nitrogen functional groups attached to an aromatic ring is 1. The molecule has 0 unspecified atom stereocenters. The number of fused-ring (bicyclic) bond motifs is 1. The second kappa shape index (κ2) is 2.85. The highest BCUT2D eigenvalue weighted by atomic mass is 16.5. The van der Waals surface area contributed by atoms with E-state index in [4.69, 9.17) is 10.5 Å². The molecule has 5 heteroatoms. The van der Waals surface area contributed by atoms with Crippen LogP contribution in [0.25, 0.3) is 11.0 Å². The summed E-state index contributed by atoms with van der Waals surface area (Å²) in [7, 11) is 1.55. The molecule has 0 atom stereocenters. The number of hydrogen-bond donors (Lipinski definition) is 1. The largest absolute Gasteiger partial charge is 0.480 e. The topological polar surface area (TPSA) is 73.9 Å². The van der Waals surface area contributed by atoms with E-state index in [0.29, 0.717) is 17.3 Å². The van der Waals surface area contributed by atoms with E-state index < -0.39 is 0 Å². The quantitative estimate of drug-likeness (QED) is 0.689. The molecule has 0 radical (unpaired) electrons. The fourth-order valence-corrected chi connectivity index (χ4v) is 1.10. The molecule has 0 bridgehead atoms. The lowest BCUT2D eigenvalue weighted by molar-refractivity contribution is 0.402. The number of nitrogens with two attached hydrogens (primary N) is 1. The maximum atomic E-state index is 5.50. The highest BCUT2D eigenvalue weighted by Gasteiger charge is 2.03. The van der Waals surface area contributed by atoms with Gasteiger partial charge in [0, 0.05) is 0 Å². The summed E-state index contributed by atoms with van der Waals surface area (Å²) in [5.41, 5.74) is 6.05. The Labute approximate surface area is 74.6 Å². The van der Waals surface area contributed by atoms with Crippen molar-refractivity contribution in [2.75, 3.05) is 12.8 Å². The third kappa shape index (κ3) is 1.24. The molecule has 0 aliphatic rings. The second-order valence-electron chi connectivity index (χ2n) is 2.49. The average molecular weight is 176 g/mol. The first-order valence-corrected chi connectivity index (χ1v) is 3.72. The van der Waals surface area contributed by atoms with Crippen LogP contribution in [-0.4, -0.2) is 22.1 Å². The summed E-state index contributed by atoms with van der Waals surface area (Å²) in [6.07, 6.45) is 1.40. The lowest BCUT2D eigenvalue weighted by Gasteiger charge is -2.01. The Morgan fingerprint density at radius 1 is 1.31 bits per heavy atom. The van der Waals surface area contributed by atoms with Crippen LogP contribution in [0.3, 0.4) is 0 Å². The molecular formula is C8H8N4O. The minimum Gasteiger partial charge on any atom is -0.480 e. The minimum absolute atomic E-state index is 0.438. The molecule has 5 nitrogen and oxygen atoms in total. The van der Waals surface area contributed by atoms with Crippen molar-refractivity contribution in [2.45, 2.75) is 0 Å². The highest BCUT2D eigenvalue weighted by Crippen LogP contribution is 2.19. The number of methoxy groups -OCH3 is 1. The first-order valence-electron chi connectivity index (χ1n) is 3.72. The zero-order chi connectivity index (χ0) is 9.26. The molecule has 2 heterocycles. The zero-order valence-electron chi connectivity index (χ0n) is 7.06. The fraction of sp³-hybridized carbons (Fsp3) is 0.125. The van der Waals surface area contributed by atoms with Crippen molar-refractivity contribution in [2.24, 2.45) is 0 Å². The summed E-state index contributed by atoms with van der Waals surface area (Å²) in [6, 6.07) is 3.48. The van der Waals surface area contributed by atoms with E-state index in [1.165, 1.54) is 6.33 Å². The van der Waals surface area contributed by atoms with E-state index in [-0.39, 0.29) is 0 Å². The summed E-state index contributed by atoms with van der Waals surface area (Å²) in [6.45, 7) is 0. The van der Waals surface area contributed by atoms with Gasteiger partial charge in [0.1, 0.15) is 12.1 Å². The molecule has 0 saturated heterocycles. The van der Waals surface area contributed by atoms with Crippen LogP contribution in [0.5, 0.6) is 5.88 Å². The molecule has 0 aromatic carbocycles. The molecule has 0 fully saturated rings. The van der Waals surface area contributed by atoms with Gasteiger partial charge in [0.15, 0.2) is 5.65 Å². The van der Waals surface area contributed by atoms with Gasteiger partial charge in [-0.3, -0.25) is 0 Å². The summed E-state index contributed by atoms with van der Waals surface area (Å²) < 4.78 is 5.04. The lowest BCUT2D eigenvalue weighted by atomic mass is 10.3. The molecule has 0 amide bonds. The van der Waals surface area contributed by atoms with Crippen LogP contribution in [-0.2, 0) is 0 Å². The first-order chi connectivity index (χ1) is 6.31. The van der Waals surface area contributed by atoms with E-state index in [1.807, 2.05) is 0 Å². The van der Waals surface area contributed by atoms with Crippen molar-refractivity contribution in [3.05, 3.63) is 18.5 Å². The van der Waals surface area contributed by atoms with Crippen LogP contribution in [0.15, 0.2) is 18.5 Å². The van der Waals surface area contributed by atoms with Crippen molar-refractivity contribution in [1.29, 1.82) is 0 Å². The van der Waals surface area contributed by atoms with Gasteiger partial charge >= 0.3 is 0 Å². The average Bonchev–Trinajstić information content (AvgIpc) is 2.16.